The van der Waals surface area contributed by atoms with Gasteiger partial charge in [-0.2, -0.15) is 0 Å². The van der Waals surface area contributed by atoms with Gasteiger partial charge < -0.3 is 0 Å². The second kappa shape index (κ2) is 14.6. The number of aromatic nitrogens is 2. The summed E-state index contributed by atoms with van der Waals surface area (Å²) in [5, 5.41) is 0. The quantitative estimate of drug-likeness (QED) is 0.159. The molecule has 6 aromatic carbocycles. The Morgan fingerprint density at radius 1 is 0.352 bits per heavy atom. The summed E-state index contributed by atoms with van der Waals surface area (Å²) in [6, 6.07) is 74.3. The van der Waals surface area contributed by atoms with Gasteiger partial charge in [0.1, 0.15) is 0 Å². The first-order valence-corrected chi connectivity index (χ1v) is 18.5. The topological polar surface area (TPSA) is 25.8 Å². The van der Waals surface area contributed by atoms with E-state index in [1.807, 2.05) is 36.7 Å². The maximum Gasteiger partial charge on any atom is 0.0701 e. The molecule has 2 heterocycles. The minimum Gasteiger partial charge on any atom is -0.256 e. The van der Waals surface area contributed by atoms with Crippen molar-refractivity contribution in [2.75, 3.05) is 0 Å². The van der Waals surface area contributed by atoms with Crippen LogP contribution in [-0.4, -0.2) is 9.97 Å². The SMILES string of the molecule is C1=C(c2ccc(-c3ccccn3)cc2)C(c2ccccc2)=C(c2ccccc2)C(c2ccccc2)(c2ccc(-c3ccccn3)cc2)C1c1ccccc1. The summed E-state index contributed by atoms with van der Waals surface area (Å²) >= 11 is 0. The van der Waals surface area contributed by atoms with E-state index in [9.17, 15) is 0 Å². The van der Waals surface area contributed by atoms with E-state index in [1.165, 1.54) is 44.5 Å². The number of allylic oxidation sites excluding steroid dienone is 4. The second-order valence-corrected chi connectivity index (χ2v) is 13.7. The lowest BCUT2D eigenvalue weighted by atomic mass is 9.53. The van der Waals surface area contributed by atoms with Crippen molar-refractivity contribution >= 4 is 16.7 Å². The third kappa shape index (κ3) is 5.98. The van der Waals surface area contributed by atoms with Crippen LogP contribution in [0.5, 0.6) is 0 Å². The molecule has 2 atom stereocenters. The number of benzene rings is 6. The number of rotatable bonds is 8. The summed E-state index contributed by atoms with van der Waals surface area (Å²) in [6.07, 6.45) is 6.25. The smallest absolute Gasteiger partial charge is 0.0701 e. The summed E-state index contributed by atoms with van der Waals surface area (Å²) < 4.78 is 0. The van der Waals surface area contributed by atoms with Gasteiger partial charge in [-0.1, -0.05) is 188 Å². The first kappa shape index (κ1) is 33.0. The number of pyridine rings is 2. The molecule has 0 aliphatic heterocycles. The maximum absolute atomic E-state index is 4.69. The van der Waals surface area contributed by atoms with Crippen molar-refractivity contribution in [2.45, 2.75) is 11.3 Å². The molecule has 54 heavy (non-hydrogen) atoms. The minimum atomic E-state index is -0.630. The Labute approximate surface area is 317 Å². The average Bonchev–Trinajstić information content (AvgIpc) is 3.27. The molecule has 1 aliphatic carbocycles. The van der Waals surface area contributed by atoms with Crippen LogP contribution >= 0.6 is 0 Å². The fourth-order valence-electron chi connectivity index (χ4n) is 8.30. The maximum atomic E-state index is 4.69. The summed E-state index contributed by atoms with van der Waals surface area (Å²) in [6.45, 7) is 0. The highest BCUT2D eigenvalue weighted by atomic mass is 14.7. The normalized spacial score (nSPS) is 16.8. The molecule has 0 saturated heterocycles. The van der Waals surface area contributed by atoms with Gasteiger partial charge >= 0.3 is 0 Å². The third-order valence-corrected chi connectivity index (χ3v) is 10.7. The van der Waals surface area contributed by atoms with Crippen molar-refractivity contribution in [1.29, 1.82) is 0 Å². The van der Waals surface area contributed by atoms with Crippen molar-refractivity contribution in [3.63, 3.8) is 0 Å². The van der Waals surface area contributed by atoms with Crippen LogP contribution in [0.3, 0.4) is 0 Å². The molecular formula is C52H38N2. The number of hydrogen-bond donors (Lipinski definition) is 0. The Balaban J connectivity index is 1.40. The zero-order valence-corrected chi connectivity index (χ0v) is 29.8. The van der Waals surface area contributed by atoms with Gasteiger partial charge in [0.15, 0.2) is 0 Å². The molecule has 9 rings (SSSR count). The van der Waals surface area contributed by atoms with Crippen molar-refractivity contribution in [3.8, 4) is 22.5 Å². The number of nitrogens with zero attached hydrogens (tertiary/aromatic N) is 2. The van der Waals surface area contributed by atoms with Gasteiger partial charge in [0.2, 0.25) is 0 Å². The van der Waals surface area contributed by atoms with Crippen LogP contribution in [0.15, 0.2) is 225 Å². The standard InChI is InChI=1S/C52H38N2/c1-5-17-39(18-6-1)47-37-46(38-27-29-40(30-28-38)48-25-13-15-35-53-48)50(42-19-7-2-8-20-42)51(43-21-9-3-10-22-43)52(47,44-23-11-4-12-24-44)45-33-31-41(32-34-45)49-26-14-16-36-54-49/h1-37,47H. The zero-order chi connectivity index (χ0) is 36.2. The predicted molar refractivity (Wildman–Crippen MR) is 223 cm³/mol. The van der Waals surface area contributed by atoms with E-state index in [1.54, 1.807) is 0 Å². The molecule has 8 aromatic rings. The van der Waals surface area contributed by atoms with Crippen LogP contribution in [0.2, 0.25) is 0 Å². The second-order valence-electron chi connectivity index (χ2n) is 13.7. The lowest BCUT2D eigenvalue weighted by molar-refractivity contribution is 0.587. The van der Waals surface area contributed by atoms with Gasteiger partial charge in [-0.25, -0.2) is 0 Å². The molecule has 0 bridgehead atoms. The molecular weight excluding hydrogens is 653 g/mol. The van der Waals surface area contributed by atoms with Crippen LogP contribution in [0.4, 0.5) is 0 Å². The monoisotopic (exact) mass is 690 g/mol. The van der Waals surface area contributed by atoms with E-state index in [4.69, 9.17) is 0 Å². The molecule has 0 spiro atoms. The van der Waals surface area contributed by atoms with Crippen LogP contribution < -0.4 is 0 Å². The van der Waals surface area contributed by atoms with Gasteiger partial charge in [-0.3, -0.25) is 9.97 Å². The Bertz CT molecular complexity index is 2530. The van der Waals surface area contributed by atoms with Gasteiger partial charge in [0.25, 0.3) is 0 Å². The third-order valence-electron chi connectivity index (χ3n) is 10.7. The van der Waals surface area contributed by atoms with Gasteiger partial charge in [0.05, 0.1) is 16.8 Å². The van der Waals surface area contributed by atoms with E-state index in [2.05, 4.69) is 198 Å². The number of hydrogen-bond acceptors (Lipinski definition) is 2. The molecule has 0 fully saturated rings. The van der Waals surface area contributed by atoms with E-state index in [0.717, 1.165) is 28.1 Å². The Kier molecular flexibility index (Phi) is 8.92. The van der Waals surface area contributed by atoms with Crippen molar-refractivity contribution in [3.05, 3.63) is 258 Å². The highest BCUT2D eigenvalue weighted by Gasteiger charge is 2.49. The summed E-state index contributed by atoms with van der Waals surface area (Å²) in [5.74, 6) is -0.0741. The van der Waals surface area contributed by atoms with Gasteiger partial charge in [0, 0.05) is 29.4 Å². The van der Waals surface area contributed by atoms with E-state index < -0.39 is 5.41 Å². The van der Waals surface area contributed by atoms with Gasteiger partial charge in [-0.05, 0) is 74.4 Å². The molecule has 2 heteroatoms. The lowest BCUT2D eigenvalue weighted by Crippen LogP contribution is -2.38. The molecule has 2 aromatic heterocycles. The van der Waals surface area contributed by atoms with E-state index in [0.29, 0.717) is 0 Å². The molecule has 0 saturated carbocycles. The fourth-order valence-corrected chi connectivity index (χ4v) is 8.30. The highest BCUT2D eigenvalue weighted by Crippen LogP contribution is 2.61. The first-order valence-electron chi connectivity index (χ1n) is 18.5. The van der Waals surface area contributed by atoms with Gasteiger partial charge in [-0.15, -0.1) is 0 Å². The van der Waals surface area contributed by atoms with Crippen molar-refractivity contribution in [2.24, 2.45) is 0 Å². The zero-order valence-electron chi connectivity index (χ0n) is 29.8. The molecule has 2 nitrogen and oxygen atoms in total. The Hall–Kier alpha value is -6.90. The fraction of sp³-hybridized carbons (Fsp3) is 0.0385. The molecule has 256 valence electrons. The molecule has 0 N–H and O–H groups in total. The van der Waals surface area contributed by atoms with E-state index >= 15 is 0 Å². The molecule has 0 amide bonds. The molecule has 2 unspecified atom stereocenters. The lowest BCUT2D eigenvalue weighted by Gasteiger charge is -2.48. The van der Waals surface area contributed by atoms with Crippen LogP contribution in [0, 0.1) is 0 Å². The molecule has 0 radical (unpaired) electrons. The van der Waals surface area contributed by atoms with Crippen molar-refractivity contribution in [1.82, 2.24) is 9.97 Å². The summed E-state index contributed by atoms with van der Waals surface area (Å²) in [4.78, 5) is 9.33. The van der Waals surface area contributed by atoms with E-state index in [-0.39, 0.29) is 5.92 Å². The summed E-state index contributed by atoms with van der Waals surface area (Å²) in [5.41, 5.74) is 14.4. The average molecular weight is 691 g/mol. The van der Waals surface area contributed by atoms with Crippen LogP contribution in [0.1, 0.15) is 39.3 Å². The minimum absolute atomic E-state index is 0.0741. The summed E-state index contributed by atoms with van der Waals surface area (Å²) in [7, 11) is 0. The van der Waals surface area contributed by atoms with Crippen LogP contribution in [0.25, 0.3) is 39.2 Å². The van der Waals surface area contributed by atoms with Crippen LogP contribution in [-0.2, 0) is 5.41 Å². The largest absolute Gasteiger partial charge is 0.256 e. The first-order chi connectivity index (χ1) is 26.8. The van der Waals surface area contributed by atoms with Crippen molar-refractivity contribution < 1.29 is 0 Å². The predicted octanol–water partition coefficient (Wildman–Crippen LogP) is 12.6. The molecule has 1 aliphatic rings. The highest BCUT2D eigenvalue weighted by molar-refractivity contribution is 6.19. The Morgan fingerprint density at radius 3 is 1.33 bits per heavy atom. The Morgan fingerprint density at radius 2 is 0.796 bits per heavy atom.